The van der Waals surface area contributed by atoms with Gasteiger partial charge >= 0.3 is 6.18 Å². The Hall–Kier alpha value is -1.83. The molecule has 1 amide bonds. The van der Waals surface area contributed by atoms with Gasteiger partial charge in [0.1, 0.15) is 11.6 Å². The van der Waals surface area contributed by atoms with Gasteiger partial charge in [0, 0.05) is 18.7 Å². The fourth-order valence-electron chi connectivity index (χ4n) is 4.66. The fourth-order valence-corrected chi connectivity index (χ4v) is 4.66. The van der Waals surface area contributed by atoms with Gasteiger partial charge in [0.25, 0.3) is 5.91 Å². The molecule has 1 saturated heterocycles. The third kappa shape index (κ3) is 6.57. The van der Waals surface area contributed by atoms with Gasteiger partial charge in [-0.15, -0.1) is 0 Å². The molecule has 1 aromatic carbocycles. The number of nitrogens with one attached hydrogen (secondary N) is 1. The van der Waals surface area contributed by atoms with Crippen molar-refractivity contribution in [1.82, 2.24) is 10.2 Å². The van der Waals surface area contributed by atoms with Crippen LogP contribution in [-0.2, 0) is 0 Å². The van der Waals surface area contributed by atoms with Crippen LogP contribution in [0, 0.1) is 23.6 Å². The second kappa shape index (κ2) is 9.35. The number of amides is 1. The first-order valence-electron chi connectivity index (χ1n) is 11.3. The second-order valence-corrected chi connectivity index (χ2v) is 9.23. The SMILES string of the molecule is O=C(NC1CC1)c1ccc(OCC[C@@H]2C[C@@H]2C2CCN(CCC(F)(F)F)CC2)cc1F. The number of carbonyl (C=O) groups excluding carboxylic acids is 1. The molecular weight excluding hydrogens is 412 g/mol. The summed E-state index contributed by atoms with van der Waals surface area (Å²) in [6.45, 7) is 2.11. The van der Waals surface area contributed by atoms with Crippen LogP contribution in [0.2, 0.25) is 0 Å². The molecule has 4 rings (SSSR count). The lowest BCUT2D eigenvalue weighted by Gasteiger charge is -2.32. The first-order valence-corrected chi connectivity index (χ1v) is 11.3. The molecule has 3 aliphatic rings. The first-order chi connectivity index (χ1) is 14.8. The van der Waals surface area contributed by atoms with Crippen molar-refractivity contribution >= 4 is 5.91 Å². The minimum atomic E-state index is -4.08. The first kappa shape index (κ1) is 22.4. The predicted molar refractivity (Wildman–Crippen MR) is 108 cm³/mol. The Morgan fingerprint density at radius 3 is 2.55 bits per heavy atom. The maximum atomic E-state index is 14.2. The van der Waals surface area contributed by atoms with Crippen LogP contribution >= 0.6 is 0 Å². The highest BCUT2D eigenvalue weighted by Gasteiger charge is 2.43. The zero-order valence-corrected chi connectivity index (χ0v) is 17.6. The van der Waals surface area contributed by atoms with Crippen LogP contribution < -0.4 is 10.1 Å². The zero-order chi connectivity index (χ0) is 22.0. The summed E-state index contributed by atoms with van der Waals surface area (Å²) in [5, 5.41) is 2.78. The van der Waals surface area contributed by atoms with Crippen LogP contribution in [0.4, 0.5) is 17.6 Å². The molecule has 1 heterocycles. The smallest absolute Gasteiger partial charge is 0.390 e. The maximum Gasteiger partial charge on any atom is 0.390 e. The maximum absolute atomic E-state index is 14.2. The molecule has 8 heteroatoms. The number of hydrogen-bond acceptors (Lipinski definition) is 3. The highest BCUT2D eigenvalue weighted by atomic mass is 19.4. The van der Waals surface area contributed by atoms with Gasteiger partial charge in [-0.1, -0.05) is 0 Å². The van der Waals surface area contributed by atoms with Gasteiger partial charge in [0.15, 0.2) is 0 Å². The lowest BCUT2D eigenvalue weighted by Crippen LogP contribution is -2.36. The predicted octanol–water partition coefficient (Wildman–Crippen LogP) is 4.79. The monoisotopic (exact) mass is 442 g/mol. The molecule has 0 bridgehead atoms. The molecule has 4 nitrogen and oxygen atoms in total. The molecule has 3 fully saturated rings. The highest BCUT2D eigenvalue weighted by molar-refractivity contribution is 5.95. The Morgan fingerprint density at radius 1 is 1.16 bits per heavy atom. The molecular formula is C23H30F4N2O2. The van der Waals surface area contributed by atoms with Gasteiger partial charge in [-0.3, -0.25) is 4.79 Å². The fraction of sp³-hybridized carbons (Fsp3) is 0.696. The van der Waals surface area contributed by atoms with E-state index >= 15 is 0 Å². The molecule has 2 saturated carbocycles. The van der Waals surface area contributed by atoms with Crippen molar-refractivity contribution in [3.05, 3.63) is 29.6 Å². The van der Waals surface area contributed by atoms with Crippen LogP contribution in [-0.4, -0.2) is 49.3 Å². The van der Waals surface area contributed by atoms with Crippen molar-refractivity contribution in [3.8, 4) is 5.75 Å². The summed E-state index contributed by atoms with van der Waals surface area (Å²) in [5.41, 5.74) is 0.0445. The average molecular weight is 442 g/mol. The van der Waals surface area contributed by atoms with E-state index in [-0.39, 0.29) is 24.1 Å². The normalized spacial score (nSPS) is 24.8. The molecule has 31 heavy (non-hydrogen) atoms. The third-order valence-electron chi connectivity index (χ3n) is 6.78. The van der Waals surface area contributed by atoms with Crippen molar-refractivity contribution in [2.75, 3.05) is 26.2 Å². The molecule has 0 unspecified atom stereocenters. The molecule has 0 spiro atoms. The Labute approximate surface area is 180 Å². The van der Waals surface area contributed by atoms with Crippen LogP contribution in [0.25, 0.3) is 0 Å². The van der Waals surface area contributed by atoms with Crippen LogP contribution in [0.5, 0.6) is 5.75 Å². The Kier molecular flexibility index (Phi) is 6.74. The Morgan fingerprint density at radius 2 is 1.90 bits per heavy atom. The average Bonchev–Trinajstić information content (AvgIpc) is 3.63. The van der Waals surface area contributed by atoms with Gasteiger partial charge < -0.3 is 15.0 Å². The molecule has 0 aromatic heterocycles. The lowest BCUT2D eigenvalue weighted by molar-refractivity contribution is -0.138. The van der Waals surface area contributed by atoms with E-state index in [1.54, 1.807) is 6.07 Å². The summed E-state index contributed by atoms with van der Waals surface area (Å²) in [6.07, 6.45) is 1.07. The van der Waals surface area contributed by atoms with E-state index in [1.165, 1.54) is 12.1 Å². The number of rotatable bonds is 9. The van der Waals surface area contributed by atoms with Gasteiger partial charge in [-0.25, -0.2) is 4.39 Å². The van der Waals surface area contributed by atoms with Crippen molar-refractivity contribution in [2.45, 2.75) is 57.2 Å². The summed E-state index contributed by atoms with van der Waals surface area (Å²) in [4.78, 5) is 13.9. The number of likely N-dealkylation sites (tertiary alicyclic amines) is 1. The minimum absolute atomic E-state index is 0.0445. The summed E-state index contributed by atoms with van der Waals surface area (Å²) in [7, 11) is 0. The molecule has 0 radical (unpaired) electrons. The molecule has 1 aliphatic heterocycles. The zero-order valence-electron chi connectivity index (χ0n) is 17.6. The van der Waals surface area contributed by atoms with Gasteiger partial charge in [0.05, 0.1) is 18.6 Å². The number of piperidine rings is 1. The minimum Gasteiger partial charge on any atom is -0.493 e. The van der Waals surface area contributed by atoms with E-state index in [9.17, 15) is 22.4 Å². The molecule has 2 aliphatic carbocycles. The summed E-state index contributed by atoms with van der Waals surface area (Å²) in [5.74, 6) is 1.29. The Balaban J connectivity index is 1.13. The van der Waals surface area contributed by atoms with Gasteiger partial charge in [-0.2, -0.15) is 13.2 Å². The number of nitrogens with zero attached hydrogens (tertiary/aromatic N) is 1. The second-order valence-electron chi connectivity index (χ2n) is 9.23. The van der Waals surface area contributed by atoms with E-state index in [1.807, 2.05) is 4.90 Å². The molecule has 172 valence electrons. The largest absolute Gasteiger partial charge is 0.493 e. The highest BCUT2D eigenvalue weighted by Crippen LogP contribution is 2.49. The standard InChI is InChI=1S/C23H30F4N2O2/c24-21-14-18(3-4-19(21)22(30)28-17-1-2-17)31-12-7-16-13-20(16)15-5-9-29(10-6-15)11-8-23(25,26)27/h3-4,14-17,20H,1-2,5-13H2,(H,28,30)/t16-,20-/m1/s1. The molecule has 2 atom stereocenters. The van der Waals surface area contributed by atoms with Crippen molar-refractivity contribution in [3.63, 3.8) is 0 Å². The van der Waals surface area contributed by atoms with E-state index in [4.69, 9.17) is 4.74 Å². The van der Waals surface area contributed by atoms with Crippen molar-refractivity contribution in [2.24, 2.45) is 17.8 Å². The third-order valence-corrected chi connectivity index (χ3v) is 6.78. The number of hydrogen-bond donors (Lipinski definition) is 1. The lowest BCUT2D eigenvalue weighted by atomic mass is 9.90. The Bertz CT molecular complexity index is 773. The molecule has 1 aromatic rings. The number of halogens is 4. The van der Waals surface area contributed by atoms with Crippen LogP contribution in [0.3, 0.4) is 0 Å². The van der Waals surface area contributed by atoms with E-state index in [0.29, 0.717) is 30.1 Å². The van der Waals surface area contributed by atoms with Crippen LogP contribution in [0.15, 0.2) is 18.2 Å². The van der Waals surface area contributed by atoms with E-state index < -0.39 is 18.4 Å². The van der Waals surface area contributed by atoms with Crippen LogP contribution in [0.1, 0.15) is 55.3 Å². The number of ether oxygens (including phenoxy) is 1. The number of alkyl halides is 3. The summed E-state index contributed by atoms with van der Waals surface area (Å²) in [6, 6.07) is 4.55. The molecule has 1 N–H and O–H groups in total. The van der Waals surface area contributed by atoms with Gasteiger partial charge in [0.2, 0.25) is 0 Å². The van der Waals surface area contributed by atoms with E-state index in [2.05, 4.69) is 5.32 Å². The quantitative estimate of drug-likeness (QED) is 0.560. The van der Waals surface area contributed by atoms with E-state index in [0.717, 1.165) is 51.6 Å². The summed E-state index contributed by atoms with van der Waals surface area (Å²) < 4.78 is 57.0. The topological polar surface area (TPSA) is 41.6 Å². The van der Waals surface area contributed by atoms with Crippen molar-refractivity contribution in [1.29, 1.82) is 0 Å². The summed E-state index contributed by atoms with van der Waals surface area (Å²) >= 11 is 0. The van der Waals surface area contributed by atoms with Crippen molar-refractivity contribution < 1.29 is 27.1 Å². The number of carbonyl (C=O) groups is 1. The number of benzene rings is 1. The van der Waals surface area contributed by atoms with Gasteiger partial charge in [-0.05, 0) is 81.5 Å².